The van der Waals surface area contributed by atoms with E-state index in [1.165, 1.54) is 12.1 Å². The van der Waals surface area contributed by atoms with E-state index in [4.69, 9.17) is 11.6 Å². The number of para-hydroxylation sites is 1. The number of carbonyl (C=O) groups is 1. The third kappa shape index (κ3) is 3.07. The summed E-state index contributed by atoms with van der Waals surface area (Å²) in [5, 5.41) is 3.33. The summed E-state index contributed by atoms with van der Waals surface area (Å²) < 4.78 is 13.4. The maximum atomic E-state index is 13.4. The summed E-state index contributed by atoms with van der Waals surface area (Å²) in [7, 11) is 0. The lowest BCUT2D eigenvalue weighted by molar-refractivity contribution is 0.207. The van der Waals surface area contributed by atoms with Crippen molar-refractivity contribution < 1.29 is 9.18 Å². The molecule has 2 aromatic rings. The summed E-state index contributed by atoms with van der Waals surface area (Å²) in [6, 6.07) is 13.2. The molecule has 0 spiro atoms. The third-order valence-electron chi connectivity index (χ3n) is 3.86. The zero-order valence-electron chi connectivity index (χ0n) is 11.9. The van der Waals surface area contributed by atoms with Crippen LogP contribution in [-0.2, 0) is 0 Å². The van der Waals surface area contributed by atoms with Crippen LogP contribution in [0.1, 0.15) is 24.4 Å². The van der Waals surface area contributed by atoms with Gasteiger partial charge in [0.1, 0.15) is 5.82 Å². The Morgan fingerprint density at radius 2 is 2.05 bits per heavy atom. The first-order chi connectivity index (χ1) is 10.6. The maximum absolute atomic E-state index is 13.4. The molecule has 1 atom stereocenters. The van der Waals surface area contributed by atoms with Crippen LogP contribution >= 0.6 is 11.6 Å². The van der Waals surface area contributed by atoms with Gasteiger partial charge in [0, 0.05) is 6.54 Å². The maximum Gasteiger partial charge on any atom is 0.322 e. The van der Waals surface area contributed by atoms with Crippen LogP contribution in [0.3, 0.4) is 0 Å². The second-order valence-corrected chi connectivity index (χ2v) is 5.72. The van der Waals surface area contributed by atoms with Crippen LogP contribution in [0.25, 0.3) is 0 Å². The van der Waals surface area contributed by atoms with Gasteiger partial charge in [-0.25, -0.2) is 9.18 Å². The Bertz CT molecular complexity index is 692. The Morgan fingerprint density at radius 3 is 2.82 bits per heavy atom. The first kappa shape index (κ1) is 14.9. The van der Waals surface area contributed by atoms with Gasteiger partial charge in [0.15, 0.2) is 0 Å². The molecule has 3 rings (SSSR count). The van der Waals surface area contributed by atoms with Crippen molar-refractivity contribution in [2.75, 3.05) is 11.9 Å². The van der Waals surface area contributed by atoms with E-state index in [1.54, 1.807) is 23.1 Å². The molecule has 0 aromatic heterocycles. The summed E-state index contributed by atoms with van der Waals surface area (Å²) in [5.41, 5.74) is 1.41. The molecule has 1 heterocycles. The normalized spacial score (nSPS) is 17.5. The van der Waals surface area contributed by atoms with Gasteiger partial charge in [-0.2, -0.15) is 0 Å². The van der Waals surface area contributed by atoms with E-state index < -0.39 is 0 Å². The van der Waals surface area contributed by atoms with E-state index in [0.717, 1.165) is 18.4 Å². The van der Waals surface area contributed by atoms with Crippen molar-refractivity contribution in [3.8, 4) is 0 Å². The first-order valence-electron chi connectivity index (χ1n) is 7.23. The van der Waals surface area contributed by atoms with Crippen molar-refractivity contribution in [2.24, 2.45) is 0 Å². The van der Waals surface area contributed by atoms with Gasteiger partial charge in [0.25, 0.3) is 0 Å². The van der Waals surface area contributed by atoms with E-state index in [0.29, 0.717) is 17.3 Å². The summed E-state index contributed by atoms with van der Waals surface area (Å²) in [5.74, 6) is -0.282. The monoisotopic (exact) mass is 318 g/mol. The molecule has 0 radical (unpaired) electrons. The first-order valence-corrected chi connectivity index (χ1v) is 7.60. The molecule has 114 valence electrons. The fraction of sp³-hybridized carbons (Fsp3) is 0.235. The van der Waals surface area contributed by atoms with Crippen molar-refractivity contribution in [1.82, 2.24) is 4.90 Å². The van der Waals surface area contributed by atoms with E-state index in [-0.39, 0.29) is 17.9 Å². The quantitative estimate of drug-likeness (QED) is 0.843. The summed E-state index contributed by atoms with van der Waals surface area (Å²) in [6.07, 6.45) is 1.73. The van der Waals surface area contributed by atoms with Gasteiger partial charge in [-0.3, -0.25) is 0 Å². The van der Waals surface area contributed by atoms with E-state index in [9.17, 15) is 9.18 Å². The molecule has 3 nitrogen and oxygen atoms in total. The molecule has 0 bridgehead atoms. The van der Waals surface area contributed by atoms with Gasteiger partial charge in [0.05, 0.1) is 16.8 Å². The second kappa shape index (κ2) is 6.36. The van der Waals surface area contributed by atoms with Crippen molar-refractivity contribution in [2.45, 2.75) is 18.9 Å². The minimum Gasteiger partial charge on any atom is -0.317 e. The lowest BCUT2D eigenvalue weighted by atomic mass is 10.0. The number of halogens is 2. The number of urea groups is 1. The number of rotatable bonds is 2. The highest BCUT2D eigenvalue weighted by Crippen LogP contribution is 2.33. The molecule has 1 unspecified atom stereocenters. The van der Waals surface area contributed by atoms with Crippen LogP contribution < -0.4 is 5.32 Å². The molecule has 22 heavy (non-hydrogen) atoms. The Morgan fingerprint density at radius 1 is 1.23 bits per heavy atom. The Labute approximate surface area is 133 Å². The van der Waals surface area contributed by atoms with Crippen LogP contribution in [0.2, 0.25) is 5.02 Å². The minimum atomic E-state index is -0.282. The molecular formula is C17H16ClFN2O. The minimum absolute atomic E-state index is 0.0989. The van der Waals surface area contributed by atoms with Crippen LogP contribution in [0.4, 0.5) is 14.9 Å². The second-order valence-electron chi connectivity index (χ2n) is 5.32. The lowest BCUT2D eigenvalue weighted by Crippen LogP contribution is -2.34. The number of amides is 2. The molecule has 0 aliphatic carbocycles. The predicted molar refractivity (Wildman–Crippen MR) is 85.6 cm³/mol. The Balaban J connectivity index is 1.78. The summed E-state index contributed by atoms with van der Waals surface area (Å²) in [6.45, 7) is 0.650. The zero-order valence-corrected chi connectivity index (χ0v) is 12.7. The number of anilines is 1. The van der Waals surface area contributed by atoms with Gasteiger partial charge < -0.3 is 10.2 Å². The van der Waals surface area contributed by atoms with Crippen LogP contribution in [0.5, 0.6) is 0 Å². The van der Waals surface area contributed by atoms with Crippen molar-refractivity contribution >= 4 is 23.3 Å². The molecule has 1 aliphatic heterocycles. The predicted octanol–water partition coefficient (Wildman–Crippen LogP) is 4.85. The van der Waals surface area contributed by atoms with Crippen molar-refractivity contribution in [1.29, 1.82) is 0 Å². The van der Waals surface area contributed by atoms with Crippen molar-refractivity contribution in [3.05, 3.63) is 64.9 Å². The van der Waals surface area contributed by atoms with Gasteiger partial charge in [-0.1, -0.05) is 35.9 Å². The molecule has 1 aliphatic rings. The van der Waals surface area contributed by atoms with Crippen LogP contribution in [0, 0.1) is 5.82 Å². The van der Waals surface area contributed by atoms with E-state index >= 15 is 0 Å². The average Bonchev–Trinajstić information content (AvgIpc) is 2.99. The number of hydrogen-bond acceptors (Lipinski definition) is 1. The highest BCUT2D eigenvalue weighted by molar-refractivity contribution is 6.33. The van der Waals surface area contributed by atoms with Crippen LogP contribution in [0.15, 0.2) is 48.5 Å². The molecule has 2 amide bonds. The van der Waals surface area contributed by atoms with Gasteiger partial charge >= 0.3 is 6.03 Å². The third-order valence-corrected chi connectivity index (χ3v) is 4.19. The highest BCUT2D eigenvalue weighted by atomic mass is 35.5. The highest BCUT2D eigenvalue weighted by Gasteiger charge is 2.30. The summed E-state index contributed by atoms with van der Waals surface area (Å²) >= 11 is 6.07. The number of nitrogens with zero attached hydrogens (tertiary/aromatic N) is 1. The summed E-state index contributed by atoms with van der Waals surface area (Å²) in [4.78, 5) is 14.2. The number of likely N-dealkylation sites (tertiary alicyclic amines) is 1. The van der Waals surface area contributed by atoms with E-state index in [2.05, 4.69) is 5.32 Å². The van der Waals surface area contributed by atoms with E-state index in [1.807, 2.05) is 18.2 Å². The molecular weight excluding hydrogens is 303 g/mol. The lowest BCUT2D eigenvalue weighted by Gasteiger charge is -2.25. The van der Waals surface area contributed by atoms with Gasteiger partial charge in [-0.15, -0.1) is 0 Å². The topological polar surface area (TPSA) is 32.3 Å². The molecule has 0 saturated carbocycles. The SMILES string of the molecule is O=C(Nc1ccccc1Cl)N1CCCC1c1cccc(F)c1. The fourth-order valence-electron chi connectivity index (χ4n) is 2.82. The molecule has 1 N–H and O–H groups in total. The Kier molecular flexibility index (Phi) is 4.29. The largest absolute Gasteiger partial charge is 0.322 e. The zero-order chi connectivity index (χ0) is 15.5. The smallest absolute Gasteiger partial charge is 0.317 e. The molecule has 2 aromatic carbocycles. The Hall–Kier alpha value is -2.07. The number of carbonyl (C=O) groups excluding carboxylic acids is 1. The molecule has 1 fully saturated rings. The number of hydrogen-bond donors (Lipinski definition) is 1. The number of benzene rings is 2. The molecule has 5 heteroatoms. The van der Waals surface area contributed by atoms with Gasteiger partial charge in [-0.05, 0) is 42.7 Å². The standard InChI is InChI=1S/C17H16ClFN2O/c18-14-7-1-2-8-15(14)20-17(22)21-10-4-9-16(21)12-5-3-6-13(19)11-12/h1-3,5-8,11,16H,4,9-10H2,(H,20,22). The van der Waals surface area contributed by atoms with Gasteiger partial charge in [0.2, 0.25) is 0 Å². The number of nitrogens with one attached hydrogen (secondary N) is 1. The molecule has 1 saturated heterocycles. The fourth-order valence-corrected chi connectivity index (χ4v) is 3.00. The van der Waals surface area contributed by atoms with Crippen LogP contribution in [-0.4, -0.2) is 17.5 Å². The van der Waals surface area contributed by atoms with Crippen molar-refractivity contribution in [3.63, 3.8) is 0 Å². The average molecular weight is 319 g/mol.